The molecule has 4 aliphatic rings. The molecule has 30 heavy (non-hydrogen) atoms. The number of hydrogen-bond acceptors (Lipinski definition) is 3. The topological polar surface area (TPSA) is 71.4 Å². The highest BCUT2D eigenvalue weighted by molar-refractivity contribution is 5.88. The first kappa shape index (κ1) is 22.0. The summed E-state index contributed by atoms with van der Waals surface area (Å²) in [5, 5.41) is 9.14. The quantitative estimate of drug-likeness (QED) is 0.639. The Morgan fingerprint density at radius 1 is 1.07 bits per heavy atom. The van der Waals surface area contributed by atoms with Gasteiger partial charge in [-0.05, 0) is 85.4 Å². The lowest BCUT2D eigenvalue weighted by molar-refractivity contribution is -0.169. The predicted molar refractivity (Wildman–Crippen MR) is 116 cm³/mol. The molecule has 9 atom stereocenters. The van der Waals surface area contributed by atoms with E-state index in [4.69, 9.17) is 5.11 Å². The van der Waals surface area contributed by atoms with Gasteiger partial charge in [-0.1, -0.05) is 27.7 Å². The van der Waals surface area contributed by atoms with Gasteiger partial charge >= 0.3 is 5.97 Å². The molecule has 168 valence electrons. The number of aliphatic carboxylic acids is 1. The van der Waals surface area contributed by atoms with Crippen LogP contribution in [-0.4, -0.2) is 22.6 Å². The fourth-order valence-corrected chi connectivity index (χ4v) is 8.97. The summed E-state index contributed by atoms with van der Waals surface area (Å²) in [5.74, 6) is 2.34. The molecular formula is C26H40O4. The first-order valence-electron chi connectivity index (χ1n) is 12.4. The predicted octanol–water partition coefficient (Wildman–Crippen LogP) is 5.53. The maximum atomic E-state index is 13.9. The number of ketones is 2. The molecule has 0 saturated heterocycles. The number of carbonyl (C=O) groups excluding carboxylic acids is 2. The third-order valence-electron chi connectivity index (χ3n) is 10.5. The van der Waals surface area contributed by atoms with Gasteiger partial charge in [0.05, 0.1) is 0 Å². The Balaban J connectivity index is 1.63. The van der Waals surface area contributed by atoms with Crippen molar-refractivity contribution in [3.8, 4) is 0 Å². The molecule has 0 aliphatic heterocycles. The van der Waals surface area contributed by atoms with Crippen LogP contribution in [0.3, 0.4) is 0 Å². The fourth-order valence-electron chi connectivity index (χ4n) is 8.97. The van der Waals surface area contributed by atoms with Crippen molar-refractivity contribution in [3.63, 3.8) is 0 Å². The molecule has 4 unspecified atom stereocenters. The minimum atomic E-state index is -0.704. The number of carbonyl (C=O) groups is 3. The van der Waals surface area contributed by atoms with Crippen molar-refractivity contribution in [2.75, 3.05) is 0 Å². The average molecular weight is 417 g/mol. The maximum absolute atomic E-state index is 13.9. The lowest BCUT2D eigenvalue weighted by Gasteiger charge is -2.61. The van der Waals surface area contributed by atoms with E-state index in [9.17, 15) is 14.4 Å². The van der Waals surface area contributed by atoms with Crippen LogP contribution in [0.1, 0.15) is 91.9 Å². The monoisotopic (exact) mass is 416 g/mol. The molecule has 4 saturated carbocycles. The van der Waals surface area contributed by atoms with E-state index in [0.717, 1.165) is 44.9 Å². The Morgan fingerprint density at radius 2 is 1.77 bits per heavy atom. The number of hydrogen-bond donors (Lipinski definition) is 1. The van der Waals surface area contributed by atoms with Gasteiger partial charge in [0.15, 0.2) is 0 Å². The van der Waals surface area contributed by atoms with E-state index in [2.05, 4.69) is 27.7 Å². The van der Waals surface area contributed by atoms with Crippen molar-refractivity contribution in [1.29, 1.82) is 0 Å². The smallest absolute Gasteiger partial charge is 0.303 e. The van der Waals surface area contributed by atoms with Crippen LogP contribution in [0, 0.1) is 52.3 Å². The number of carboxylic acid groups (broad SMARTS) is 1. The van der Waals surface area contributed by atoms with E-state index >= 15 is 0 Å². The van der Waals surface area contributed by atoms with Gasteiger partial charge in [-0.15, -0.1) is 0 Å². The highest BCUT2D eigenvalue weighted by Gasteiger charge is 2.65. The van der Waals surface area contributed by atoms with Crippen LogP contribution < -0.4 is 0 Å². The molecule has 4 rings (SSSR count). The van der Waals surface area contributed by atoms with Gasteiger partial charge < -0.3 is 5.11 Å². The van der Waals surface area contributed by atoms with Crippen LogP contribution in [0.5, 0.6) is 0 Å². The standard InChI is InChI=1S/C26H40O4/c1-5-17-21-14-16(27)10-12-26(21,4)20-11-13-25(3)18(15(2)6-9-22(28)29)7-8-19(25)23(20)24(17)30/h15,17-21,23H,5-14H2,1-4H3,(H,28,29)/t15-,17-,18-,19?,20?,21+,23?,25?,26-/m1/s1. The summed E-state index contributed by atoms with van der Waals surface area (Å²) in [7, 11) is 0. The average Bonchev–Trinajstić information content (AvgIpc) is 3.05. The normalized spacial score (nSPS) is 46.7. The maximum Gasteiger partial charge on any atom is 0.303 e. The number of carboxylic acids is 1. The Hall–Kier alpha value is -1.19. The lowest BCUT2D eigenvalue weighted by Crippen LogP contribution is -2.60. The van der Waals surface area contributed by atoms with Crippen molar-refractivity contribution >= 4 is 17.5 Å². The Labute approximate surface area is 181 Å². The molecule has 4 fully saturated rings. The van der Waals surface area contributed by atoms with Gasteiger partial charge in [-0.3, -0.25) is 14.4 Å². The second kappa shape index (κ2) is 7.74. The number of Topliss-reactive ketones (excluding diaryl/α,β-unsaturated/α-hetero) is 2. The molecular weight excluding hydrogens is 376 g/mol. The molecule has 0 bridgehead atoms. The Bertz CT molecular complexity index is 729. The van der Waals surface area contributed by atoms with Crippen molar-refractivity contribution in [2.45, 2.75) is 91.9 Å². The number of rotatable bonds is 5. The van der Waals surface area contributed by atoms with Gasteiger partial charge in [0.1, 0.15) is 11.6 Å². The van der Waals surface area contributed by atoms with Crippen LogP contribution in [0.4, 0.5) is 0 Å². The van der Waals surface area contributed by atoms with Crippen molar-refractivity contribution in [3.05, 3.63) is 0 Å². The minimum absolute atomic E-state index is 0.0475. The minimum Gasteiger partial charge on any atom is -0.481 e. The third-order valence-corrected chi connectivity index (χ3v) is 10.5. The zero-order chi connectivity index (χ0) is 21.8. The van der Waals surface area contributed by atoms with Crippen LogP contribution >= 0.6 is 0 Å². The van der Waals surface area contributed by atoms with Crippen LogP contribution in [-0.2, 0) is 14.4 Å². The van der Waals surface area contributed by atoms with Crippen molar-refractivity contribution < 1.29 is 19.5 Å². The Kier molecular flexibility index (Phi) is 5.68. The van der Waals surface area contributed by atoms with E-state index in [0.29, 0.717) is 48.1 Å². The van der Waals surface area contributed by atoms with Crippen molar-refractivity contribution in [2.24, 2.45) is 52.3 Å². The summed E-state index contributed by atoms with van der Waals surface area (Å²) in [4.78, 5) is 37.3. The molecule has 0 aromatic heterocycles. The molecule has 0 aromatic carbocycles. The van der Waals surface area contributed by atoms with Gasteiger partial charge in [-0.2, -0.15) is 0 Å². The molecule has 4 nitrogen and oxygen atoms in total. The van der Waals surface area contributed by atoms with Gasteiger partial charge in [0, 0.05) is 31.1 Å². The first-order chi connectivity index (χ1) is 14.1. The molecule has 0 spiro atoms. The molecule has 0 radical (unpaired) electrons. The summed E-state index contributed by atoms with van der Waals surface area (Å²) < 4.78 is 0. The SMILES string of the molecule is CC[C@H]1C(=O)C2C3CC[C@H]([C@H](C)CCC(=O)O)C3(C)CCC2[C@@]2(C)CCC(=O)C[C@@H]12. The lowest BCUT2D eigenvalue weighted by atomic mass is 9.42. The molecule has 1 N–H and O–H groups in total. The highest BCUT2D eigenvalue weighted by Crippen LogP contribution is 2.68. The van der Waals surface area contributed by atoms with E-state index in [-0.39, 0.29) is 35.0 Å². The summed E-state index contributed by atoms with van der Waals surface area (Å²) >= 11 is 0. The summed E-state index contributed by atoms with van der Waals surface area (Å²) in [6, 6.07) is 0. The van der Waals surface area contributed by atoms with Crippen molar-refractivity contribution in [1.82, 2.24) is 0 Å². The molecule has 4 heteroatoms. The number of fused-ring (bicyclic) bond motifs is 5. The zero-order valence-corrected chi connectivity index (χ0v) is 19.3. The second-order valence-electron chi connectivity index (χ2n) is 11.6. The largest absolute Gasteiger partial charge is 0.481 e. The molecule has 0 aromatic rings. The van der Waals surface area contributed by atoms with Gasteiger partial charge in [0.2, 0.25) is 0 Å². The fraction of sp³-hybridized carbons (Fsp3) is 0.885. The van der Waals surface area contributed by atoms with E-state index in [1.807, 2.05) is 0 Å². The Morgan fingerprint density at radius 3 is 2.43 bits per heavy atom. The molecule has 4 aliphatic carbocycles. The summed E-state index contributed by atoms with van der Waals surface area (Å²) in [5.41, 5.74) is 0.280. The summed E-state index contributed by atoms with van der Waals surface area (Å²) in [6.07, 6.45) is 8.61. The van der Waals surface area contributed by atoms with Crippen LogP contribution in [0.25, 0.3) is 0 Å². The summed E-state index contributed by atoms with van der Waals surface area (Å²) in [6.45, 7) is 9.18. The highest BCUT2D eigenvalue weighted by atomic mass is 16.4. The zero-order valence-electron chi connectivity index (χ0n) is 19.3. The van der Waals surface area contributed by atoms with Gasteiger partial charge in [0.25, 0.3) is 0 Å². The van der Waals surface area contributed by atoms with Crippen LogP contribution in [0.15, 0.2) is 0 Å². The van der Waals surface area contributed by atoms with E-state index < -0.39 is 5.97 Å². The molecule has 0 heterocycles. The van der Waals surface area contributed by atoms with Crippen LogP contribution in [0.2, 0.25) is 0 Å². The van der Waals surface area contributed by atoms with Gasteiger partial charge in [-0.25, -0.2) is 0 Å². The second-order valence-corrected chi connectivity index (χ2v) is 11.6. The first-order valence-corrected chi connectivity index (χ1v) is 12.4. The van der Waals surface area contributed by atoms with E-state index in [1.165, 1.54) is 0 Å². The molecule has 0 amide bonds. The van der Waals surface area contributed by atoms with E-state index in [1.54, 1.807) is 0 Å². The third kappa shape index (κ3) is 3.19.